The monoisotopic (exact) mass is 457 g/mol. The third kappa shape index (κ3) is 8.10. The summed E-state index contributed by atoms with van der Waals surface area (Å²) in [5.41, 5.74) is 0.733. The Balaban J connectivity index is 1.31. The summed E-state index contributed by atoms with van der Waals surface area (Å²) in [6, 6.07) is 8.40. The van der Waals surface area contributed by atoms with Crippen LogP contribution in [0.2, 0.25) is 18.1 Å². The average molecular weight is 458 g/mol. The fourth-order valence-corrected chi connectivity index (χ4v) is 8.76. The fourth-order valence-electron chi connectivity index (χ4n) is 5.74. The molecule has 1 aromatic carbocycles. The van der Waals surface area contributed by atoms with Gasteiger partial charge in [-0.25, -0.2) is 4.39 Å². The van der Waals surface area contributed by atoms with Crippen LogP contribution in [0.4, 0.5) is 17.6 Å². The number of ether oxygens (including phenoxy) is 1. The molecule has 1 radical (unpaired) electrons. The molecule has 1 aromatic rings. The molecule has 31 heavy (non-hydrogen) atoms. The Morgan fingerprint density at radius 3 is 2.26 bits per heavy atom. The van der Waals surface area contributed by atoms with Crippen LogP contribution in [-0.2, 0) is 6.42 Å². The van der Waals surface area contributed by atoms with Crippen molar-refractivity contribution < 1.29 is 22.3 Å². The van der Waals surface area contributed by atoms with E-state index in [0.29, 0.717) is 6.42 Å². The normalized spacial score (nSPS) is 23.8. The topological polar surface area (TPSA) is 9.23 Å². The van der Waals surface area contributed by atoms with Gasteiger partial charge in [0.25, 0.3) is 0 Å². The maximum atomic E-state index is 13.8. The Hall–Kier alpha value is -1.04. The van der Waals surface area contributed by atoms with Gasteiger partial charge in [0.1, 0.15) is 0 Å². The van der Waals surface area contributed by atoms with Crippen molar-refractivity contribution in [1.82, 2.24) is 0 Å². The smallest absolute Gasteiger partial charge is 0.403 e. The van der Waals surface area contributed by atoms with Crippen molar-refractivity contribution in [3.8, 4) is 5.75 Å². The molecule has 1 nitrogen and oxygen atoms in total. The molecular weight excluding hydrogens is 420 g/mol. The molecule has 0 bridgehead atoms. The lowest BCUT2D eigenvalue weighted by Gasteiger charge is -2.37. The zero-order chi connectivity index (χ0) is 22.3. The van der Waals surface area contributed by atoms with E-state index < -0.39 is 17.9 Å². The number of benzene rings is 1. The van der Waals surface area contributed by atoms with Crippen LogP contribution in [-0.4, -0.2) is 15.2 Å². The van der Waals surface area contributed by atoms with E-state index in [-0.39, 0.29) is 8.80 Å². The number of unbranched alkanes of at least 4 members (excludes halogenated alkanes) is 1. The second-order valence-electron chi connectivity index (χ2n) is 9.68. The predicted octanol–water partition coefficient (Wildman–Crippen LogP) is 8.56. The molecule has 1 aliphatic heterocycles. The quantitative estimate of drug-likeness (QED) is 0.205. The van der Waals surface area contributed by atoms with Gasteiger partial charge in [0.05, 0.1) is 0 Å². The van der Waals surface area contributed by atoms with Crippen molar-refractivity contribution in [2.24, 2.45) is 17.8 Å². The highest BCUT2D eigenvalue weighted by atomic mass is 28.3. The van der Waals surface area contributed by atoms with E-state index in [1.807, 2.05) is 0 Å². The first-order chi connectivity index (χ1) is 14.8. The first kappa shape index (κ1) is 24.6. The molecule has 2 aliphatic rings. The SMILES string of the molecule is CCC[Si]1CCC(C2CCC(CCCCc3ccc(OC(F)(F)F)c(F)c3)CC2)CC1. The van der Waals surface area contributed by atoms with Crippen LogP contribution in [0.3, 0.4) is 0 Å². The highest BCUT2D eigenvalue weighted by molar-refractivity contribution is 6.58. The van der Waals surface area contributed by atoms with Crippen LogP contribution in [0.15, 0.2) is 18.2 Å². The van der Waals surface area contributed by atoms with E-state index in [1.54, 1.807) is 12.1 Å². The van der Waals surface area contributed by atoms with E-state index >= 15 is 0 Å². The van der Waals surface area contributed by atoms with Crippen LogP contribution < -0.4 is 4.74 Å². The van der Waals surface area contributed by atoms with Gasteiger partial charge in [-0.15, -0.1) is 13.2 Å². The number of hydrogen-bond donors (Lipinski definition) is 0. The number of halogens is 4. The van der Waals surface area contributed by atoms with E-state index in [1.165, 1.54) is 69.5 Å². The van der Waals surface area contributed by atoms with Gasteiger partial charge in [-0.1, -0.05) is 76.1 Å². The molecule has 0 atom stereocenters. The molecule has 1 aliphatic carbocycles. The number of aryl methyl sites for hydroxylation is 1. The van der Waals surface area contributed by atoms with Crippen molar-refractivity contribution >= 4 is 8.80 Å². The summed E-state index contributed by atoms with van der Waals surface area (Å²) < 4.78 is 54.2. The third-order valence-corrected chi connectivity index (χ3v) is 10.6. The zero-order valence-electron chi connectivity index (χ0n) is 18.8. The van der Waals surface area contributed by atoms with Crippen molar-refractivity contribution in [3.63, 3.8) is 0 Å². The lowest BCUT2D eigenvalue weighted by molar-refractivity contribution is -0.275. The second-order valence-corrected chi connectivity index (χ2v) is 12.7. The van der Waals surface area contributed by atoms with Gasteiger partial charge in [-0.2, -0.15) is 0 Å². The lowest BCUT2D eigenvalue weighted by Crippen LogP contribution is -2.28. The van der Waals surface area contributed by atoms with Crippen molar-refractivity contribution in [2.75, 3.05) is 0 Å². The van der Waals surface area contributed by atoms with Gasteiger partial charge in [0, 0.05) is 8.80 Å². The molecule has 3 rings (SSSR count). The van der Waals surface area contributed by atoms with Gasteiger partial charge >= 0.3 is 6.36 Å². The summed E-state index contributed by atoms with van der Waals surface area (Å²) in [6.45, 7) is 2.33. The van der Waals surface area contributed by atoms with Gasteiger partial charge in [-0.05, 0) is 61.1 Å². The number of hydrogen-bond acceptors (Lipinski definition) is 1. The molecule has 0 N–H and O–H groups in total. The molecule has 6 heteroatoms. The molecule has 0 amide bonds. The minimum Gasteiger partial charge on any atom is -0.403 e. The number of alkyl halides is 3. The minimum atomic E-state index is -4.86. The molecule has 175 valence electrons. The first-order valence-corrected chi connectivity index (χ1v) is 14.3. The molecule has 0 unspecified atom stereocenters. The van der Waals surface area contributed by atoms with Crippen LogP contribution in [0, 0.1) is 23.6 Å². The highest BCUT2D eigenvalue weighted by Gasteiger charge is 2.32. The maximum Gasteiger partial charge on any atom is 0.573 e. The van der Waals surface area contributed by atoms with Crippen LogP contribution in [0.1, 0.15) is 76.7 Å². The molecule has 2 fully saturated rings. The Morgan fingerprint density at radius 1 is 0.968 bits per heavy atom. The summed E-state index contributed by atoms with van der Waals surface area (Å²) in [6.07, 6.45) is 8.97. The van der Waals surface area contributed by atoms with Crippen molar-refractivity contribution in [2.45, 2.75) is 102 Å². The first-order valence-electron chi connectivity index (χ1n) is 12.2. The summed E-state index contributed by atoms with van der Waals surface area (Å²) in [5, 5.41) is 0. The minimum absolute atomic E-state index is 0.0108. The Bertz CT molecular complexity index is 662. The van der Waals surface area contributed by atoms with E-state index in [9.17, 15) is 17.6 Å². The van der Waals surface area contributed by atoms with Crippen molar-refractivity contribution in [1.29, 1.82) is 0 Å². The summed E-state index contributed by atoms with van der Waals surface area (Å²) in [4.78, 5) is 0. The summed E-state index contributed by atoms with van der Waals surface area (Å²) >= 11 is 0. The highest BCUT2D eigenvalue weighted by Crippen LogP contribution is 2.42. The standard InChI is InChI=1S/C25H37F4OSi/c1-2-15-31-16-13-22(14-17-31)21-10-7-19(8-11-21)5-3-4-6-20-9-12-24(23(26)18-20)30-25(27,28)29/h9,12,18-19,21-22H,2-8,10-11,13-17H2,1H3. The van der Waals surface area contributed by atoms with Crippen LogP contribution >= 0.6 is 0 Å². The summed E-state index contributed by atoms with van der Waals surface area (Å²) in [7, 11) is -0.0108. The van der Waals surface area contributed by atoms with Gasteiger partial charge in [-0.3, -0.25) is 0 Å². The molecular formula is C25H37F4OSi. The van der Waals surface area contributed by atoms with Gasteiger partial charge in [0.15, 0.2) is 11.6 Å². The van der Waals surface area contributed by atoms with Crippen LogP contribution in [0.5, 0.6) is 5.75 Å². The van der Waals surface area contributed by atoms with E-state index in [2.05, 4.69) is 11.7 Å². The van der Waals surface area contributed by atoms with Gasteiger partial charge in [0.2, 0.25) is 0 Å². The molecule has 1 saturated heterocycles. The van der Waals surface area contributed by atoms with Gasteiger partial charge < -0.3 is 4.74 Å². The maximum absolute atomic E-state index is 13.8. The largest absolute Gasteiger partial charge is 0.573 e. The summed E-state index contributed by atoms with van der Waals surface area (Å²) in [5.74, 6) is 1.07. The molecule has 0 spiro atoms. The van der Waals surface area contributed by atoms with E-state index in [0.717, 1.165) is 42.2 Å². The van der Waals surface area contributed by atoms with Crippen molar-refractivity contribution in [3.05, 3.63) is 29.6 Å². The van der Waals surface area contributed by atoms with Crippen LogP contribution in [0.25, 0.3) is 0 Å². The molecule has 0 aromatic heterocycles. The molecule has 1 heterocycles. The Morgan fingerprint density at radius 2 is 1.65 bits per heavy atom. The lowest BCUT2D eigenvalue weighted by atomic mass is 9.73. The zero-order valence-corrected chi connectivity index (χ0v) is 19.8. The average Bonchev–Trinajstić information content (AvgIpc) is 2.73. The Labute approximate surface area is 186 Å². The second kappa shape index (κ2) is 11.7. The third-order valence-electron chi connectivity index (χ3n) is 7.45. The fraction of sp³-hybridized carbons (Fsp3) is 0.760. The molecule has 1 saturated carbocycles. The van der Waals surface area contributed by atoms with E-state index in [4.69, 9.17) is 0 Å². The predicted molar refractivity (Wildman–Crippen MR) is 119 cm³/mol. The Kier molecular flexibility index (Phi) is 9.29. The number of rotatable bonds is 9.